The van der Waals surface area contributed by atoms with Crippen LogP contribution in [-0.2, 0) is 0 Å². The molecule has 1 aromatic heterocycles. The van der Waals surface area contributed by atoms with E-state index in [0.29, 0.717) is 10.9 Å². The molecule has 4 heteroatoms. The van der Waals surface area contributed by atoms with Crippen LogP contribution >= 0.6 is 0 Å². The zero-order valence-electron chi connectivity index (χ0n) is 8.20. The van der Waals surface area contributed by atoms with Gasteiger partial charge in [0.15, 0.2) is 0 Å². The van der Waals surface area contributed by atoms with Crippen LogP contribution in [0.25, 0.3) is 17.0 Å². The summed E-state index contributed by atoms with van der Waals surface area (Å²) in [7, 11) is 0. The molecule has 0 unspecified atom stereocenters. The number of hydrogen-bond donors (Lipinski definition) is 2. The monoisotopic (exact) mass is 202 g/mol. The predicted molar refractivity (Wildman–Crippen MR) is 59.9 cm³/mol. The number of H-pyrrole nitrogens is 2. The SMILES string of the molecule is CC=Cc1ccc2[nH]c(=O)[nH]c(=O)c2c1. The molecule has 0 aliphatic carbocycles. The second-order valence-corrected chi connectivity index (χ2v) is 3.21. The molecule has 15 heavy (non-hydrogen) atoms. The largest absolute Gasteiger partial charge is 0.326 e. The second-order valence-electron chi connectivity index (χ2n) is 3.21. The Balaban J connectivity index is 2.82. The third-order valence-corrected chi connectivity index (χ3v) is 2.12. The van der Waals surface area contributed by atoms with Crippen LogP contribution in [0.15, 0.2) is 33.9 Å². The second kappa shape index (κ2) is 3.57. The zero-order chi connectivity index (χ0) is 10.8. The molecular weight excluding hydrogens is 192 g/mol. The molecule has 0 bridgehead atoms. The van der Waals surface area contributed by atoms with Crippen molar-refractivity contribution in [1.82, 2.24) is 9.97 Å². The summed E-state index contributed by atoms with van der Waals surface area (Å²) in [5, 5.41) is 0.491. The maximum absolute atomic E-state index is 11.5. The lowest BCUT2D eigenvalue weighted by atomic mass is 10.1. The minimum atomic E-state index is -0.480. The highest BCUT2D eigenvalue weighted by Gasteiger charge is 2.00. The highest BCUT2D eigenvalue weighted by atomic mass is 16.2. The fourth-order valence-electron chi connectivity index (χ4n) is 1.48. The Morgan fingerprint density at radius 1 is 1.20 bits per heavy atom. The zero-order valence-corrected chi connectivity index (χ0v) is 8.20. The van der Waals surface area contributed by atoms with Crippen LogP contribution in [0.1, 0.15) is 12.5 Å². The normalized spacial score (nSPS) is 11.3. The van der Waals surface area contributed by atoms with E-state index in [9.17, 15) is 9.59 Å². The Labute approximate surface area is 85.3 Å². The van der Waals surface area contributed by atoms with E-state index in [1.807, 2.05) is 25.1 Å². The van der Waals surface area contributed by atoms with E-state index in [-0.39, 0.29) is 5.56 Å². The molecule has 0 aliphatic rings. The van der Waals surface area contributed by atoms with Crippen molar-refractivity contribution >= 4 is 17.0 Å². The van der Waals surface area contributed by atoms with Gasteiger partial charge in [-0.25, -0.2) is 4.79 Å². The number of aromatic nitrogens is 2. The van der Waals surface area contributed by atoms with Gasteiger partial charge in [-0.3, -0.25) is 9.78 Å². The quantitative estimate of drug-likeness (QED) is 0.730. The van der Waals surface area contributed by atoms with E-state index in [2.05, 4.69) is 9.97 Å². The van der Waals surface area contributed by atoms with E-state index < -0.39 is 5.69 Å². The van der Waals surface area contributed by atoms with E-state index in [1.165, 1.54) is 0 Å². The molecule has 0 saturated heterocycles. The fourth-order valence-corrected chi connectivity index (χ4v) is 1.48. The van der Waals surface area contributed by atoms with Crippen LogP contribution in [0.4, 0.5) is 0 Å². The third-order valence-electron chi connectivity index (χ3n) is 2.12. The van der Waals surface area contributed by atoms with Gasteiger partial charge in [0.05, 0.1) is 10.9 Å². The summed E-state index contributed by atoms with van der Waals surface area (Å²) in [5.41, 5.74) is 0.644. The van der Waals surface area contributed by atoms with Crippen molar-refractivity contribution < 1.29 is 0 Å². The summed E-state index contributed by atoms with van der Waals surface area (Å²) in [6.07, 6.45) is 3.78. The lowest BCUT2D eigenvalue weighted by Crippen LogP contribution is -2.21. The van der Waals surface area contributed by atoms with Gasteiger partial charge in [-0.15, -0.1) is 0 Å². The molecule has 1 heterocycles. The summed E-state index contributed by atoms with van der Waals surface area (Å²) >= 11 is 0. The summed E-state index contributed by atoms with van der Waals surface area (Å²) < 4.78 is 0. The lowest BCUT2D eigenvalue weighted by Gasteiger charge is -1.97. The molecular formula is C11H10N2O2. The highest BCUT2D eigenvalue weighted by molar-refractivity contribution is 5.80. The summed E-state index contributed by atoms with van der Waals surface area (Å²) in [5.74, 6) is 0. The Kier molecular flexibility index (Phi) is 2.25. The molecule has 1 aromatic carbocycles. The number of nitrogens with one attached hydrogen (secondary N) is 2. The standard InChI is InChI=1S/C11H10N2O2/c1-2-3-7-4-5-9-8(6-7)10(14)13-11(15)12-9/h2-6H,1H3,(H2,12,13,14,15). The summed E-state index contributed by atoms with van der Waals surface area (Å²) in [6.45, 7) is 1.90. The molecule has 4 nitrogen and oxygen atoms in total. The average molecular weight is 202 g/mol. The first-order valence-electron chi connectivity index (χ1n) is 4.60. The lowest BCUT2D eigenvalue weighted by molar-refractivity contribution is 1.08. The first kappa shape index (κ1) is 9.45. The van der Waals surface area contributed by atoms with Gasteiger partial charge in [-0.2, -0.15) is 0 Å². The van der Waals surface area contributed by atoms with Crippen molar-refractivity contribution in [3.63, 3.8) is 0 Å². The fraction of sp³-hybridized carbons (Fsp3) is 0.0909. The van der Waals surface area contributed by atoms with Gasteiger partial charge in [-0.05, 0) is 24.6 Å². The first-order valence-corrected chi connectivity index (χ1v) is 4.60. The molecule has 0 saturated carbocycles. The molecule has 2 rings (SSSR count). The summed E-state index contributed by atoms with van der Waals surface area (Å²) in [4.78, 5) is 27.2. The number of benzene rings is 1. The molecule has 2 aromatic rings. The van der Waals surface area contributed by atoms with E-state index in [0.717, 1.165) is 5.56 Å². The maximum atomic E-state index is 11.5. The first-order chi connectivity index (χ1) is 7.20. The van der Waals surface area contributed by atoms with Crippen LogP contribution in [0.3, 0.4) is 0 Å². The molecule has 0 radical (unpaired) electrons. The minimum Gasteiger partial charge on any atom is -0.307 e. The van der Waals surface area contributed by atoms with Gasteiger partial charge in [-0.1, -0.05) is 18.2 Å². The minimum absolute atomic E-state index is 0.361. The number of fused-ring (bicyclic) bond motifs is 1. The van der Waals surface area contributed by atoms with Crippen LogP contribution in [0.2, 0.25) is 0 Å². The van der Waals surface area contributed by atoms with Crippen LogP contribution in [-0.4, -0.2) is 9.97 Å². The number of hydrogen-bond acceptors (Lipinski definition) is 2. The van der Waals surface area contributed by atoms with E-state index in [1.54, 1.807) is 12.1 Å². The number of allylic oxidation sites excluding steroid dienone is 1. The Hall–Kier alpha value is -2.10. The van der Waals surface area contributed by atoms with Gasteiger partial charge < -0.3 is 4.98 Å². The van der Waals surface area contributed by atoms with Crippen molar-refractivity contribution in [2.75, 3.05) is 0 Å². The predicted octanol–water partition coefficient (Wildman–Crippen LogP) is 1.25. The molecule has 0 spiro atoms. The van der Waals surface area contributed by atoms with E-state index >= 15 is 0 Å². The molecule has 76 valence electrons. The van der Waals surface area contributed by atoms with Crippen LogP contribution in [0.5, 0.6) is 0 Å². The maximum Gasteiger partial charge on any atom is 0.326 e. The molecule has 0 atom stereocenters. The van der Waals surface area contributed by atoms with Gasteiger partial charge in [0.25, 0.3) is 5.56 Å². The van der Waals surface area contributed by atoms with Gasteiger partial charge >= 0.3 is 5.69 Å². The van der Waals surface area contributed by atoms with Gasteiger partial charge in [0.1, 0.15) is 0 Å². The number of aromatic amines is 2. The average Bonchev–Trinajstić information content (AvgIpc) is 2.19. The van der Waals surface area contributed by atoms with Crippen molar-refractivity contribution in [2.24, 2.45) is 0 Å². The molecule has 0 fully saturated rings. The van der Waals surface area contributed by atoms with Crippen molar-refractivity contribution in [3.8, 4) is 0 Å². The molecule has 0 aliphatic heterocycles. The molecule has 2 N–H and O–H groups in total. The third kappa shape index (κ3) is 1.74. The van der Waals surface area contributed by atoms with E-state index in [4.69, 9.17) is 0 Å². The smallest absolute Gasteiger partial charge is 0.307 e. The number of rotatable bonds is 1. The Morgan fingerprint density at radius 3 is 2.73 bits per heavy atom. The van der Waals surface area contributed by atoms with Crippen molar-refractivity contribution in [3.05, 3.63) is 50.7 Å². The van der Waals surface area contributed by atoms with Crippen molar-refractivity contribution in [1.29, 1.82) is 0 Å². The van der Waals surface area contributed by atoms with Gasteiger partial charge in [0, 0.05) is 0 Å². The summed E-state index contributed by atoms with van der Waals surface area (Å²) in [6, 6.07) is 5.31. The van der Waals surface area contributed by atoms with Crippen LogP contribution in [0, 0.1) is 0 Å². The Bertz CT molecular complexity index is 635. The Morgan fingerprint density at radius 2 is 2.00 bits per heavy atom. The topological polar surface area (TPSA) is 65.7 Å². The van der Waals surface area contributed by atoms with Gasteiger partial charge in [0.2, 0.25) is 0 Å². The molecule has 0 amide bonds. The highest BCUT2D eigenvalue weighted by Crippen LogP contribution is 2.09. The van der Waals surface area contributed by atoms with Crippen LogP contribution < -0.4 is 11.2 Å². The van der Waals surface area contributed by atoms with Crippen molar-refractivity contribution in [2.45, 2.75) is 6.92 Å².